The van der Waals surface area contributed by atoms with Crippen LogP contribution in [0, 0.1) is 6.92 Å². The zero-order valence-electron chi connectivity index (χ0n) is 17.1. The summed E-state index contributed by atoms with van der Waals surface area (Å²) < 4.78 is 11.6. The molecule has 0 bridgehead atoms. The first-order chi connectivity index (χ1) is 13.7. The van der Waals surface area contributed by atoms with E-state index in [0.29, 0.717) is 29.2 Å². The van der Waals surface area contributed by atoms with Crippen molar-refractivity contribution < 1.29 is 9.47 Å². The largest absolute Gasteiger partial charge is 0.493 e. The van der Waals surface area contributed by atoms with E-state index in [-0.39, 0.29) is 0 Å². The minimum Gasteiger partial charge on any atom is -0.493 e. The summed E-state index contributed by atoms with van der Waals surface area (Å²) in [5.41, 5.74) is 3.48. The quantitative estimate of drug-likeness (QED) is 0.579. The monoisotopic (exact) mass is 401 g/mol. The van der Waals surface area contributed by atoms with Gasteiger partial charge in [-0.3, -0.25) is 0 Å². The summed E-state index contributed by atoms with van der Waals surface area (Å²) in [5.74, 6) is 1.30. The Labute approximate surface area is 174 Å². The van der Waals surface area contributed by atoms with Crippen LogP contribution in [0.25, 0.3) is 0 Å². The fourth-order valence-electron chi connectivity index (χ4n) is 3.78. The van der Waals surface area contributed by atoms with Crippen LogP contribution in [0.1, 0.15) is 61.6 Å². The molecule has 0 radical (unpaired) electrons. The SMILES string of the molecule is COc1cc(CNC2CCCCCCC2)cc(Cl)c1OCc1ccc(C)cc1. The third kappa shape index (κ3) is 6.15. The van der Waals surface area contributed by atoms with E-state index in [0.717, 1.165) is 17.7 Å². The van der Waals surface area contributed by atoms with Crippen LogP contribution < -0.4 is 14.8 Å². The van der Waals surface area contributed by atoms with Crippen LogP contribution in [0.4, 0.5) is 0 Å². The topological polar surface area (TPSA) is 30.5 Å². The van der Waals surface area contributed by atoms with Crippen LogP contribution in [-0.2, 0) is 13.2 Å². The average Bonchev–Trinajstić information content (AvgIpc) is 2.67. The minimum absolute atomic E-state index is 0.468. The number of aryl methyl sites for hydroxylation is 1. The van der Waals surface area contributed by atoms with E-state index in [1.165, 1.54) is 50.5 Å². The fourth-order valence-corrected chi connectivity index (χ4v) is 4.07. The van der Waals surface area contributed by atoms with Gasteiger partial charge in [0.1, 0.15) is 6.61 Å². The van der Waals surface area contributed by atoms with E-state index in [4.69, 9.17) is 21.1 Å². The molecule has 2 aromatic rings. The van der Waals surface area contributed by atoms with Crippen molar-refractivity contribution in [1.29, 1.82) is 0 Å². The van der Waals surface area contributed by atoms with Gasteiger partial charge in [0.2, 0.25) is 0 Å². The predicted octanol–water partition coefficient (Wildman–Crippen LogP) is 6.44. The second kappa shape index (κ2) is 10.7. The molecule has 3 rings (SSSR count). The molecule has 0 atom stereocenters. The highest BCUT2D eigenvalue weighted by atomic mass is 35.5. The maximum Gasteiger partial charge on any atom is 0.180 e. The van der Waals surface area contributed by atoms with Crippen molar-refractivity contribution in [3.05, 3.63) is 58.1 Å². The highest BCUT2D eigenvalue weighted by Gasteiger charge is 2.15. The lowest BCUT2D eigenvalue weighted by Crippen LogP contribution is -2.29. The third-order valence-corrected chi connectivity index (χ3v) is 5.77. The Balaban J connectivity index is 1.62. The molecule has 1 aliphatic carbocycles. The van der Waals surface area contributed by atoms with E-state index in [1.807, 2.05) is 12.1 Å². The number of hydrogen-bond donors (Lipinski definition) is 1. The second-order valence-electron chi connectivity index (χ2n) is 7.81. The zero-order valence-corrected chi connectivity index (χ0v) is 17.9. The molecule has 4 heteroatoms. The summed E-state index contributed by atoms with van der Waals surface area (Å²) in [6, 6.07) is 12.9. The standard InChI is InChI=1S/C24H32ClNO2/c1-18-10-12-19(13-11-18)17-28-24-22(25)14-20(15-23(24)27-2)16-26-21-8-6-4-3-5-7-9-21/h10-15,21,26H,3-9,16-17H2,1-2H3. The molecule has 2 aromatic carbocycles. The Morgan fingerprint density at radius 3 is 2.32 bits per heavy atom. The summed E-state index contributed by atoms with van der Waals surface area (Å²) in [7, 11) is 1.66. The molecule has 0 heterocycles. The minimum atomic E-state index is 0.468. The number of rotatable bonds is 7. The molecular formula is C24H32ClNO2. The van der Waals surface area contributed by atoms with Gasteiger partial charge in [0.05, 0.1) is 12.1 Å². The molecule has 28 heavy (non-hydrogen) atoms. The molecule has 0 aliphatic heterocycles. The van der Waals surface area contributed by atoms with E-state index < -0.39 is 0 Å². The van der Waals surface area contributed by atoms with Gasteiger partial charge in [0.25, 0.3) is 0 Å². The van der Waals surface area contributed by atoms with Gasteiger partial charge in [-0.2, -0.15) is 0 Å². The Bertz CT molecular complexity index is 737. The number of benzene rings is 2. The summed E-state index contributed by atoms with van der Waals surface area (Å²) >= 11 is 6.54. The van der Waals surface area contributed by atoms with Crippen molar-refractivity contribution in [3.8, 4) is 11.5 Å². The lowest BCUT2D eigenvalue weighted by atomic mass is 9.96. The van der Waals surface area contributed by atoms with Gasteiger partial charge >= 0.3 is 0 Å². The Kier molecular flexibility index (Phi) is 8.05. The van der Waals surface area contributed by atoms with Crippen LogP contribution in [0.5, 0.6) is 11.5 Å². The summed E-state index contributed by atoms with van der Waals surface area (Å²) in [5, 5.41) is 4.31. The lowest BCUT2D eigenvalue weighted by molar-refractivity contribution is 0.284. The van der Waals surface area contributed by atoms with Gasteiger partial charge in [-0.1, -0.05) is 73.5 Å². The predicted molar refractivity (Wildman–Crippen MR) is 116 cm³/mol. The Morgan fingerprint density at radius 1 is 0.964 bits per heavy atom. The fraction of sp³-hybridized carbons (Fsp3) is 0.500. The summed E-state index contributed by atoms with van der Waals surface area (Å²) in [6.45, 7) is 3.35. The van der Waals surface area contributed by atoms with Crippen molar-refractivity contribution in [1.82, 2.24) is 5.32 Å². The van der Waals surface area contributed by atoms with Crippen molar-refractivity contribution in [2.75, 3.05) is 7.11 Å². The molecule has 0 saturated heterocycles. The van der Waals surface area contributed by atoms with E-state index >= 15 is 0 Å². The molecule has 1 saturated carbocycles. The molecule has 0 unspecified atom stereocenters. The Hall–Kier alpha value is -1.71. The molecule has 0 amide bonds. The molecule has 1 aliphatic rings. The van der Waals surface area contributed by atoms with Crippen LogP contribution in [0.15, 0.2) is 36.4 Å². The molecule has 0 spiro atoms. The second-order valence-corrected chi connectivity index (χ2v) is 8.21. The molecule has 3 nitrogen and oxygen atoms in total. The Morgan fingerprint density at radius 2 is 1.64 bits per heavy atom. The van der Waals surface area contributed by atoms with Crippen LogP contribution in [0.2, 0.25) is 5.02 Å². The van der Waals surface area contributed by atoms with Crippen molar-refractivity contribution in [3.63, 3.8) is 0 Å². The van der Waals surface area contributed by atoms with E-state index in [2.05, 4.69) is 36.5 Å². The maximum absolute atomic E-state index is 6.54. The highest BCUT2D eigenvalue weighted by Crippen LogP contribution is 2.37. The summed E-state index contributed by atoms with van der Waals surface area (Å²) in [6.07, 6.45) is 9.31. The van der Waals surface area contributed by atoms with Gasteiger partial charge in [-0.15, -0.1) is 0 Å². The number of halogens is 1. The number of methoxy groups -OCH3 is 1. The average molecular weight is 402 g/mol. The van der Waals surface area contributed by atoms with Gasteiger partial charge in [-0.25, -0.2) is 0 Å². The smallest absolute Gasteiger partial charge is 0.180 e. The number of hydrogen-bond acceptors (Lipinski definition) is 3. The summed E-state index contributed by atoms with van der Waals surface area (Å²) in [4.78, 5) is 0. The van der Waals surface area contributed by atoms with Crippen LogP contribution >= 0.6 is 11.6 Å². The van der Waals surface area contributed by atoms with Gasteiger partial charge < -0.3 is 14.8 Å². The van der Waals surface area contributed by atoms with Crippen molar-refractivity contribution in [2.24, 2.45) is 0 Å². The molecule has 1 fully saturated rings. The molecule has 152 valence electrons. The molecule has 0 aromatic heterocycles. The number of nitrogens with one attached hydrogen (secondary N) is 1. The number of ether oxygens (including phenoxy) is 2. The van der Waals surface area contributed by atoms with Crippen LogP contribution in [0.3, 0.4) is 0 Å². The third-order valence-electron chi connectivity index (χ3n) is 5.49. The first-order valence-corrected chi connectivity index (χ1v) is 10.8. The van der Waals surface area contributed by atoms with Crippen molar-refractivity contribution >= 4 is 11.6 Å². The zero-order chi connectivity index (χ0) is 19.8. The normalized spacial score (nSPS) is 15.7. The van der Waals surface area contributed by atoms with E-state index in [9.17, 15) is 0 Å². The first-order valence-electron chi connectivity index (χ1n) is 10.4. The first kappa shape index (κ1) is 21.0. The maximum atomic E-state index is 6.54. The van der Waals surface area contributed by atoms with Gasteiger partial charge in [0.15, 0.2) is 11.5 Å². The van der Waals surface area contributed by atoms with Crippen LogP contribution in [-0.4, -0.2) is 13.2 Å². The highest BCUT2D eigenvalue weighted by molar-refractivity contribution is 6.32. The van der Waals surface area contributed by atoms with Gasteiger partial charge in [-0.05, 0) is 43.0 Å². The van der Waals surface area contributed by atoms with E-state index in [1.54, 1.807) is 7.11 Å². The molecule has 1 N–H and O–H groups in total. The van der Waals surface area contributed by atoms with Crippen molar-refractivity contribution in [2.45, 2.75) is 71.1 Å². The lowest BCUT2D eigenvalue weighted by Gasteiger charge is -2.21. The van der Waals surface area contributed by atoms with Gasteiger partial charge in [0, 0.05) is 12.6 Å². The molecular weight excluding hydrogens is 370 g/mol.